The average molecular weight is 309 g/mol. The minimum absolute atomic E-state index is 0.119. The second-order valence-electron chi connectivity index (χ2n) is 7.15. The van der Waals surface area contributed by atoms with Gasteiger partial charge in [0.15, 0.2) is 0 Å². The number of nitrogens with zero attached hydrogens (tertiary/aromatic N) is 2. The lowest BCUT2D eigenvalue weighted by Gasteiger charge is -2.44. The van der Waals surface area contributed by atoms with Crippen molar-refractivity contribution in [2.24, 2.45) is 0 Å². The summed E-state index contributed by atoms with van der Waals surface area (Å²) in [5.41, 5.74) is 0.119. The normalized spacial score (nSPS) is 29.1. The second-order valence-corrected chi connectivity index (χ2v) is 7.15. The van der Waals surface area contributed by atoms with Gasteiger partial charge in [-0.15, -0.1) is 0 Å². The maximum absolute atomic E-state index is 13.0. The van der Waals surface area contributed by atoms with Crippen molar-refractivity contribution in [1.29, 1.82) is 0 Å². The van der Waals surface area contributed by atoms with Crippen molar-refractivity contribution >= 4 is 5.91 Å². The fraction of sp³-hybridized carbons (Fsp3) is 0.941. The molecule has 3 aliphatic rings. The SMILES string of the molecule is CNCC1CCCN1C(=O)CC1(N2CCOCC2)CCCC1. The van der Waals surface area contributed by atoms with Crippen molar-refractivity contribution in [2.75, 3.05) is 46.4 Å². The summed E-state index contributed by atoms with van der Waals surface area (Å²) in [5, 5.41) is 3.24. The highest BCUT2D eigenvalue weighted by Crippen LogP contribution is 2.39. The minimum atomic E-state index is 0.119. The van der Waals surface area contributed by atoms with E-state index in [9.17, 15) is 4.79 Å². The van der Waals surface area contributed by atoms with Crippen LogP contribution in [0.4, 0.5) is 0 Å². The van der Waals surface area contributed by atoms with Crippen LogP contribution in [0.2, 0.25) is 0 Å². The summed E-state index contributed by atoms with van der Waals surface area (Å²) in [6.07, 6.45) is 7.93. The third kappa shape index (κ3) is 3.31. The van der Waals surface area contributed by atoms with Gasteiger partial charge in [0.05, 0.1) is 13.2 Å². The van der Waals surface area contributed by atoms with Gasteiger partial charge in [-0.25, -0.2) is 0 Å². The van der Waals surface area contributed by atoms with Crippen molar-refractivity contribution in [3.8, 4) is 0 Å². The van der Waals surface area contributed by atoms with Gasteiger partial charge in [-0.05, 0) is 32.7 Å². The highest BCUT2D eigenvalue weighted by Gasteiger charge is 2.43. The molecule has 0 radical (unpaired) electrons. The fourth-order valence-corrected chi connectivity index (χ4v) is 4.67. The zero-order chi connectivity index (χ0) is 15.4. The smallest absolute Gasteiger partial charge is 0.224 e. The third-order valence-electron chi connectivity index (χ3n) is 5.83. The van der Waals surface area contributed by atoms with E-state index < -0.39 is 0 Å². The zero-order valence-corrected chi connectivity index (χ0v) is 14.0. The number of carbonyl (C=O) groups excluding carboxylic acids is 1. The summed E-state index contributed by atoms with van der Waals surface area (Å²) in [7, 11) is 1.98. The molecule has 3 fully saturated rings. The molecule has 1 amide bonds. The van der Waals surface area contributed by atoms with E-state index in [0.717, 1.165) is 52.2 Å². The van der Waals surface area contributed by atoms with Gasteiger partial charge in [-0.3, -0.25) is 9.69 Å². The van der Waals surface area contributed by atoms with Crippen LogP contribution in [0.1, 0.15) is 44.9 Å². The Morgan fingerprint density at radius 3 is 2.59 bits per heavy atom. The third-order valence-corrected chi connectivity index (χ3v) is 5.83. The molecule has 22 heavy (non-hydrogen) atoms. The van der Waals surface area contributed by atoms with E-state index in [2.05, 4.69) is 15.1 Å². The summed E-state index contributed by atoms with van der Waals surface area (Å²) in [6.45, 7) is 5.51. The summed E-state index contributed by atoms with van der Waals surface area (Å²) in [5.74, 6) is 0.381. The monoisotopic (exact) mass is 309 g/mol. The Balaban J connectivity index is 1.66. The first-order chi connectivity index (χ1) is 10.7. The molecule has 126 valence electrons. The molecule has 0 spiro atoms. The number of carbonyl (C=O) groups is 1. The molecule has 2 aliphatic heterocycles. The number of likely N-dealkylation sites (tertiary alicyclic amines) is 1. The molecule has 1 atom stereocenters. The fourth-order valence-electron chi connectivity index (χ4n) is 4.67. The minimum Gasteiger partial charge on any atom is -0.379 e. The Morgan fingerprint density at radius 2 is 1.91 bits per heavy atom. The number of likely N-dealkylation sites (N-methyl/N-ethyl adjacent to an activating group) is 1. The van der Waals surface area contributed by atoms with Crippen LogP contribution in [0, 0.1) is 0 Å². The lowest BCUT2D eigenvalue weighted by Crippen LogP contribution is -2.55. The molecule has 3 rings (SSSR count). The number of nitrogens with one attached hydrogen (secondary N) is 1. The molecule has 0 aromatic carbocycles. The molecule has 0 aromatic rings. The lowest BCUT2D eigenvalue weighted by atomic mass is 9.89. The first-order valence-corrected chi connectivity index (χ1v) is 9.02. The van der Waals surface area contributed by atoms with E-state index in [1.165, 1.54) is 25.7 Å². The molecule has 5 heteroatoms. The predicted octanol–water partition coefficient (Wildman–Crippen LogP) is 1.23. The average Bonchev–Trinajstić information content (AvgIpc) is 3.19. The highest BCUT2D eigenvalue weighted by atomic mass is 16.5. The molecule has 1 unspecified atom stereocenters. The van der Waals surface area contributed by atoms with Crippen LogP contribution in [-0.2, 0) is 9.53 Å². The molecule has 5 nitrogen and oxygen atoms in total. The van der Waals surface area contributed by atoms with Gasteiger partial charge in [-0.1, -0.05) is 12.8 Å². The van der Waals surface area contributed by atoms with Gasteiger partial charge in [-0.2, -0.15) is 0 Å². The number of amides is 1. The van der Waals surface area contributed by atoms with E-state index >= 15 is 0 Å². The standard InChI is InChI=1S/C17H31N3O2/c1-18-14-15-5-4-8-20(15)16(21)13-17(6-2-3-7-17)19-9-11-22-12-10-19/h15,18H,2-14H2,1H3. The van der Waals surface area contributed by atoms with Crippen LogP contribution in [0.25, 0.3) is 0 Å². The van der Waals surface area contributed by atoms with Gasteiger partial charge < -0.3 is 15.0 Å². The molecule has 2 heterocycles. The van der Waals surface area contributed by atoms with E-state index in [1.807, 2.05) is 7.05 Å². The topological polar surface area (TPSA) is 44.8 Å². The van der Waals surface area contributed by atoms with Crippen LogP contribution >= 0.6 is 0 Å². The van der Waals surface area contributed by atoms with Gasteiger partial charge in [0.25, 0.3) is 0 Å². The summed E-state index contributed by atoms with van der Waals surface area (Å²) in [6, 6.07) is 0.403. The Bertz CT molecular complexity index is 376. The van der Waals surface area contributed by atoms with Crippen molar-refractivity contribution in [3.63, 3.8) is 0 Å². The van der Waals surface area contributed by atoms with Crippen molar-refractivity contribution in [2.45, 2.75) is 56.5 Å². The summed E-state index contributed by atoms with van der Waals surface area (Å²) < 4.78 is 5.51. The Kier molecular flexibility index (Phi) is 5.37. The molecule has 1 aliphatic carbocycles. The Hall–Kier alpha value is -0.650. The maximum atomic E-state index is 13.0. The number of hydrogen-bond donors (Lipinski definition) is 1. The number of ether oxygens (including phenoxy) is 1. The van der Waals surface area contributed by atoms with Gasteiger partial charge in [0.2, 0.25) is 5.91 Å². The molecule has 1 N–H and O–H groups in total. The van der Waals surface area contributed by atoms with Crippen LogP contribution in [0.5, 0.6) is 0 Å². The second kappa shape index (κ2) is 7.28. The Labute approximate surface area is 134 Å². The van der Waals surface area contributed by atoms with Gasteiger partial charge in [0, 0.05) is 44.2 Å². The highest BCUT2D eigenvalue weighted by molar-refractivity contribution is 5.78. The van der Waals surface area contributed by atoms with Gasteiger partial charge >= 0.3 is 0 Å². The first-order valence-electron chi connectivity index (χ1n) is 9.02. The molecule has 2 saturated heterocycles. The molecular weight excluding hydrogens is 278 g/mol. The van der Waals surface area contributed by atoms with Gasteiger partial charge in [0.1, 0.15) is 0 Å². The van der Waals surface area contributed by atoms with Crippen LogP contribution in [-0.4, -0.2) is 73.7 Å². The molecule has 1 saturated carbocycles. The lowest BCUT2D eigenvalue weighted by molar-refractivity contribution is -0.136. The number of morpholine rings is 1. The van der Waals surface area contributed by atoms with E-state index in [4.69, 9.17) is 4.74 Å². The number of hydrogen-bond acceptors (Lipinski definition) is 4. The molecule has 0 bridgehead atoms. The summed E-state index contributed by atoms with van der Waals surface area (Å²) in [4.78, 5) is 17.7. The van der Waals surface area contributed by atoms with Crippen LogP contribution in [0.3, 0.4) is 0 Å². The summed E-state index contributed by atoms with van der Waals surface area (Å²) >= 11 is 0. The van der Waals surface area contributed by atoms with Crippen molar-refractivity contribution in [3.05, 3.63) is 0 Å². The quantitative estimate of drug-likeness (QED) is 0.830. The molecular formula is C17H31N3O2. The van der Waals surface area contributed by atoms with Crippen molar-refractivity contribution < 1.29 is 9.53 Å². The van der Waals surface area contributed by atoms with E-state index in [0.29, 0.717) is 18.4 Å². The largest absolute Gasteiger partial charge is 0.379 e. The number of rotatable bonds is 5. The molecule has 0 aromatic heterocycles. The van der Waals surface area contributed by atoms with E-state index in [-0.39, 0.29) is 5.54 Å². The predicted molar refractivity (Wildman–Crippen MR) is 86.9 cm³/mol. The maximum Gasteiger partial charge on any atom is 0.224 e. The zero-order valence-electron chi connectivity index (χ0n) is 14.0. The first kappa shape index (κ1) is 16.2. The van der Waals surface area contributed by atoms with Crippen molar-refractivity contribution in [1.82, 2.24) is 15.1 Å². The van der Waals surface area contributed by atoms with E-state index in [1.54, 1.807) is 0 Å². The van der Waals surface area contributed by atoms with Crippen LogP contribution in [0.15, 0.2) is 0 Å². The van der Waals surface area contributed by atoms with Crippen LogP contribution < -0.4 is 5.32 Å². The Morgan fingerprint density at radius 1 is 1.18 bits per heavy atom.